The van der Waals surface area contributed by atoms with E-state index >= 15 is 0 Å². The third kappa shape index (κ3) is 3.02. The zero-order valence-corrected chi connectivity index (χ0v) is 11.1. The summed E-state index contributed by atoms with van der Waals surface area (Å²) in [5.74, 6) is 0. The van der Waals surface area contributed by atoms with Crippen molar-refractivity contribution >= 4 is 27.3 Å². The van der Waals surface area contributed by atoms with Crippen molar-refractivity contribution in [1.29, 1.82) is 5.26 Å². The molecule has 1 aromatic heterocycles. The van der Waals surface area contributed by atoms with Gasteiger partial charge in [-0.05, 0) is 30.3 Å². The average Bonchev–Trinajstić information content (AvgIpc) is 2.41. The molecule has 0 amide bonds. The highest BCUT2D eigenvalue weighted by Crippen LogP contribution is 2.22. The molecule has 0 aliphatic carbocycles. The molecule has 1 N–H and O–H groups in total. The molecular formula is C12H8ClN3O2S. The molecule has 2 rings (SSSR count). The van der Waals surface area contributed by atoms with Crippen LogP contribution in [0.15, 0.2) is 47.5 Å². The molecule has 96 valence electrons. The van der Waals surface area contributed by atoms with Crippen LogP contribution < -0.4 is 4.72 Å². The largest absolute Gasteiger partial charge is 0.276 e. The van der Waals surface area contributed by atoms with Crippen molar-refractivity contribution in [3.05, 3.63) is 53.3 Å². The molecule has 0 unspecified atom stereocenters. The van der Waals surface area contributed by atoms with Gasteiger partial charge in [0.25, 0.3) is 10.0 Å². The van der Waals surface area contributed by atoms with Gasteiger partial charge in [0.2, 0.25) is 0 Å². The number of pyridine rings is 1. The number of hydrogen-bond acceptors (Lipinski definition) is 4. The Morgan fingerprint density at radius 3 is 2.74 bits per heavy atom. The second-order valence-corrected chi connectivity index (χ2v) is 5.63. The summed E-state index contributed by atoms with van der Waals surface area (Å²) in [7, 11) is -3.79. The van der Waals surface area contributed by atoms with E-state index in [1.807, 2.05) is 6.07 Å². The number of benzene rings is 1. The number of nitrogens with zero attached hydrogens (tertiary/aromatic N) is 2. The molecule has 0 radical (unpaired) electrons. The highest BCUT2D eigenvalue weighted by molar-refractivity contribution is 7.92. The minimum Gasteiger partial charge on any atom is -0.276 e. The van der Waals surface area contributed by atoms with Crippen molar-refractivity contribution < 1.29 is 8.42 Å². The van der Waals surface area contributed by atoms with Crippen LogP contribution in [0.3, 0.4) is 0 Å². The third-order valence-corrected chi connectivity index (χ3v) is 3.94. The van der Waals surface area contributed by atoms with E-state index in [-0.39, 0.29) is 21.3 Å². The lowest BCUT2D eigenvalue weighted by molar-refractivity contribution is 0.601. The first-order chi connectivity index (χ1) is 9.03. The number of halogens is 1. The topological polar surface area (TPSA) is 82.8 Å². The van der Waals surface area contributed by atoms with Gasteiger partial charge in [0, 0.05) is 6.20 Å². The van der Waals surface area contributed by atoms with E-state index in [0.29, 0.717) is 0 Å². The van der Waals surface area contributed by atoms with E-state index in [4.69, 9.17) is 16.9 Å². The summed E-state index contributed by atoms with van der Waals surface area (Å²) >= 11 is 5.79. The van der Waals surface area contributed by atoms with Crippen LogP contribution in [0.5, 0.6) is 0 Å². The summed E-state index contributed by atoms with van der Waals surface area (Å²) < 4.78 is 26.6. The van der Waals surface area contributed by atoms with Gasteiger partial charge in [-0.15, -0.1) is 0 Å². The fourth-order valence-corrected chi connectivity index (χ4v) is 2.73. The zero-order chi connectivity index (χ0) is 13.9. The van der Waals surface area contributed by atoms with E-state index in [1.54, 1.807) is 6.07 Å². The van der Waals surface area contributed by atoms with E-state index in [9.17, 15) is 8.42 Å². The first-order valence-electron chi connectivity index (χ1n) is 5.16. The van der Waals surface area contributed by atoms with Crippen molar-refractivity contribution in [3.8, 4) is 6.07 Å². The maximum absolute atomic E-state index is 12.1. The SMILES string of the molecule is N#Cc1cccc(S(=O)(=O)Nc2cccnc2Cl)c1. The molecule has 1 heterocycles. The highest BCUT2D eigenvalue weighted by Gasteiger charge is 2.16. The Balaban J connectivity index is 2.39. The molecule has 0 spiro atoms. The molecule has 0 bridgehead atoms. The lowest BCUT2D eigenvalue weighted by Gasteiger charge is -2.08. The number of rotatable bonds is 3. The van der Waals surface area contributed by atoms with Gasteiger partial charge in [-0.1, -0.05) is 17.7 Å². The summed E-state index contributed by atoms with van der Waals surface area (Å²) in [6.07, 6.45) is 1.45. The number of aromatic nitrogens is 1. The summed E-state index contributed by atoms with van der Waals surface area (Å²) in [4.78, 5) is 3.77. The second kappa shape index (κ2) is 5.26. The Labute approximate surface area is 115 Å². The number of nitrogens with one attached hydrogen (secondary N) is 1. The molecule has 0 aliphatic rings. The van der Waals surface area contributed by atoms with Crippen LogP contribution in [0.1, 0.15) is 5.56 Å². The van der Waals surface area contributed by atoms with Crippen LogP contribution in [0, 0.1) is 11.3 Å². The van der Waals surface area contributed by atoms with Crippen LogP contribution in [-0.2, 0) is 10.0 Å². The van der Waals surface area contributed by atoms with Crippen LogP contribution >= 0.6 is 11.6 Å². The van der Waals surface area contributed by atoms with Gasteiger partial charge in [0.05, 0.1) is 22.2 Å². The fraction of sp³-hybridized carbons (Fsp3) is 0. The first kappa shape index (κ1) is 13.3. The van der Waals surface area contributed by atoms with Crippen molar-refractivity contribution in [2.75, 3.05) is 4.72 Å². The van der Waals surface area contributed by atoms with Gasteiger partial charge in [-0.3, -0.25) is 4.72 Å². The predicted molar refractivity (Wildman–Crippen MR) is 71.2 cm³/mol. The van der Waals surface area contributed by atoms with Crippen molar-refractivity contribution in [3.63, 3.8) is 0 Å². The van der Waals surface area contributed by atoms with Gasteiger partial charge in [-0.25, -0.2) is 13.4 Å². The van der Waals surface area contributed by atoms with E-state index in [2.05, 4.69) is 9.71 Å². The van der Waals surface area contributed by atoms with E-state index in [1.165, 1.54) is 36.5 Å². The van der Waals surface area contributed by atoms with Gasteiger partial charge < -0.3 is 0 Å². The summed E-state index contributed by atoms with van der Waals surface area (Å²) in [6.45, 7) is 0. The number of anilines is 1. The monoisotopic (exact) mass is 293 g/mol. The molecule has 0 aliphatic heterocycles. The Hall–Kier alpha value is -2.10. The fourth-order valence-electron chi connectivity index (χ4n) is 1.40. The minimum atomic E-state index is -3.79. The van der Waals surface area contributed by atoms with Crippen molar-refractivity contribution in [2.24, 2.45) is 0 Å². The Morgan fingerprint density at radius 2 is 2.05 bits per heavy atom. The summed E-state index contributed by atoms with van der Waals surface area (Å²) in [5, 5.41) is 8.82. The van der Waals surface area contributed by atoms with Crippen LogP contribution in [0.2, 0.25) is 5.15 Å². The molecule has 19 heavy (non-hydrogen) atoms. The van der Waals surface area contributed by atoms with Crippen LogP contribution in [-0.4, -0.2) is 13.4 Å². The molecule has 0 atom stereocenters. The quantitative estimate of drug-likeness (QED) is 0.881. The van der Waals surface area contributed by atoms with Gasteiger partial charge in [0.1, 0.15) is 0 Å². The Bertz CT molecular complexity index is 754. The highest BCUT2D eigenvalue weighted by atomic mass is 35.5. The van der Waals surface area contributed by atoms with Gasteiger partial charge in [-0.2, -0.15) is 5.26 Å². The zero-order valence-electron chi connectivity index (χ0n) is 9.54. The Kier molecular flexibility index (Phi) is 3.69. The van der Waals surface area contributed by atoms with Crippen molar-refractivity contribution in [2.45, 2.75) is 4.90 Å². The average molecular weight is 294 g/mol. The Morgan fingerprint density at radius 1 is 1.26 bits per heavy atom. The molecule has 7 heteroatoms. The summed E-state index contributed by atoms with van der Waals surface area (Å²) in [6, 6.07) is 10.7. The maximum Gasteiger partial charge on any atom is 0.262 e. The van der Waals surface area contributed by atoms with Gasteiger partial charge in [0.15, 0.2) is 5.15 Å². The first-order valence-corrected chi connectivity index (χ1v) is 7.02. The van der Waals surface area contributed by atoms with Crippen LogP contribution in [0.25, 0.3) is 0 Å². The molecule has 0 fully saturated rings. The minimum absolute atomic E-state index is 0.00790. The maximum atomic E-state index is 12.1. The normalized spacial score (nSPS) is 10.7. The number of nitriles is 1. The number of sulfonamides is 1. The molecule has 2 aromatic rings. The third-order valence-electron chi connectivity index (χ3n) is 2.28. The predicted octanol–water partition coefficient (Wildman–Crippen LogP) is 2.41. The standard InChI is InChI=1S/C12H8ClN3O2S/c13-12-11(5-2-6-15-12)16-19(17,18)10-4-1-3-9(7-10)8-14/h1-7,16H. The molecule has 0 saturated heterocycles. The van der Waals surface area contributed by atoms with Crippen molar-refractivity contribution in [1.82, 2.24) is 4.98 Å². The van der Waals surface area contributed by atoms with E-state index in [0.717, 1.165) is 0 Å². The second-order valence-electron chi connectivity index (χ2n) is 3.59. The van der Waals surface area contributed by atoms with Crippen LogP contribution in [0.4, 0.5) is 5.69 Å². The van der Waals surface area contributed by atoms with Gasteiger partial charge >= 0.3 is 0 Å². The summed E-state index contributed by atoms with van der Waals surface area (Å²) in [5.41, 5.74) is 0.451. The molecule has 5 nitrogen and oxygen atoms in total. The smallest absolute Gasteiger partial charge is 0.262 e. The molecular weight excluding hydrogens is 286 g/mol. The lowest BCUT2D eigenvalue weighted by Crippen LogP contribution is -2.13. The number of hydrogen-bond donors (Lipinski definition) is 1. The molecule has 0 saturated carbocycles. The van der Waals surface area contributed by atoms with E-state index < -0.39 is 10.0 Å². The molecule has 1 aromatic carbocycles. The lowest BCUT2D eigenvalue weighted by atomic mass is 10.2.